The smallest absolute Gasteiger partial charge is 0.258 e. The van der Waals surface area contributed by atoms with Gasteiger partial charge >= 0.3 is 0 Å². The highest BCUT2D eigenvalue weighted by Crippen LogP contribution is 2.28. The summed E-state index contributed by atoms with van der Waals surface area (Å²) in [6.07, 6.45) is 1.46. The van der Waals surface area contributed by atoms with Crippen LogP contribution in [0.1, 0.15) is 28.4 Å². The third kappa shape index (κ3) is 4.80. The minimum absolute atomic E-state index is 0.00544. The minimum atomic E-state index is -3.78. The molecule has 0 saturated carbocycles. The molecule has 0 unspecified atom stereocenters. The quantitative estimate of drug-likeness (QED) is 0.289. The average Bonchev–Trinajstić information content (AvgIpc) is 2.80. The van der Waals surface area contributed by atoms with Crippen molar-refractivity contribution in [3.05, 3.63) is 93.8 Å². The number of aromatic nitrogens is 1. The lowest BCUT2D eigenvalue weighted by Gasteiger charge is -2.09. The van der Waals surface area contributed by atoms with E-state index in [1.165, 1.54) is 25.3 Å². The fourth-order valence-corrected chi connectivity index (χ4v) is 4.11. The van der Waals surface area contributed by atoms with Crippen molar-refractivity contribution >= 4 is 32.8 Å². The second-order valence-corrected chi connectivity index (χ2v) is 9.33. The molecule has 34 heavy (non-hydrogen) atoms. The number of aromatic hydroxyl groups is 1. The zero-order chi connectivity index (χ0) is 24.5. The van der Waals surface area contributed by atoms with Crippen LogP contribution in [0.15, 0.2) is 81.4 Å². The van der Waals surface area contributed by atoms with E-state index in [0.29, 0.717) is 21.9 Å². The molecule has 1 aromatic heterocycles. The van der Waals surface area contributed by atoms with Crippen molar-refractivity contribution in [3.8, 4) is 17.0 Å². The van der Waals surface area contributed by atoms with Gasteiger partial charge < -0.3 is 5.11 Å². The van der Waals surface area contributed by atoms with Crippen LogP contribution < -0.4 is 10.7 Å². The summed E-state index contributed by atoms with van der Waals surface area (Å²) in [6.45, 7) is 1.71. The van der Waals surface area contributed by atoms with Gasteiger partial charge in [0, 0.05) is 22.6 Å². The van der Waals surface area contributed by atoms with E-state index < -0.39 is 15.6 Å². The van der Waals surface area contributed by atoms with Crippen molar-refractivity contribution in [1.29, 1.82) is 0 Å². The highest BCUT2D eigenvalue weighted by atomic mass is 32.2. The van der Waals surface area contributed by atoms with Crippen LogP contribution in [0.25, 0.3) is 21.9 Å². The van der Waals surface area contributed by atoms with E-state index in [1.54, 1.807) is 48.5 Å². The highest BCUT2D eigenvalue weighted by Gasteiger charge is 2.12. The minimum Gasteiger partial charge on any atom is -0.494 e. The maximum Gasteiger partial charge on any atom is 0.258 e. The number of benzene rings is 3. The zero-order valence-electron chi connectivity index (χ0n) is 18.1. The number of ketones is 1. The van der Waals surface area contributed by atoms with Crippen LogP contribution in [-0.2, 0) is 16.6 Å². The first kappa shape index (κ1) is 23.1. The number of hydrogen-bond acceptors (Lipinski definition) is 6. The van der Waals surface area contributed by atoms with E-state index in [1.807, 2.05) is 6.07 Å². The van der Waals surface area contributed by atoms with E-state index in [-0.39, 0.29) is 23.1 Å². The average molecular weight is 476 g/mol. The van der Waals surface area contributed by atoms with Crippen LogP contribution in [0.4, 0.5) is 0 Å². The normalized spacial score (nSPS) is 11.8. The lowest BCUT2D eigenvalue weighted by molar-refractivity contribution is 0.101. The third-order valence-electron chi connectivity index (χ3n) is 5.39. The number of pyridine rings is 1. The lowest BCUT2D eigenvalue weighted by Crippen LogP contribution is -2.11. The largest absolute Gasteiger partial charge is 0.494 e. The van der Waals surface area contributed by atoms with Crippen LogP contribution in [-0.4, -0.2) is 30.5 Å². The summed E-state index contributed by atoms with van der Waals surface area (Å²) < 4.78 is 22.8. The summed E-state index contributed by atoms with van der Waals surface area (Å²) in [7, 11) is -3.78. The van der Waals surface area contributed by atoms with Crippen molar-refractivity contribution in [2.45, 2.75) is 18.4 Å². The van der Waals surface area contributed by atoms with Crippen molar-refractivity contribution in [3.63, 3.8) is 0 Å². The Bertz CT molecular complexity index is 1600. The van der Waals surface area contributed by atoms with Gasteiger partial charge in [0.25, 0.3) is 5.56 Å². The van der Waals surface area contributed by atoms with Gasteiger partial charge in [-0.25, -0.2) is 13.6 Å². The lowest BCUT2D eigenvalue weighted by atomic mass is 9.98. The Morgan fingerprint density at radius 3 is 2.41 bits per heavy atom. The van der Waals surface area contributed by atoms with E-state index in [2.05, 4.69) is 9.98 Å². The fraction of sp³-hybridized carbons (Fsp3) is 0.0800. The van der Waals surface area contributed by atoms with Crippen LogP contribution in [0.5, 0.6) is 5.88 Å². The molecule has 172 valence electrons. The molecule has 4 N–H and O–H groups in total. The van der Waals surface area contributed by atoms with Crippen LogP contribution in [0, 0.1) is 0 Å². The Balaban J connectivity index is 1.72. The summed E-state index contributed by atoms with van der Waals surface area (Å²) in [5.41, 5.74) is 2.77. The van der Waals surface area contributed by atoms with Gasteiger partial charge in [0.15, 0.2) is 5.78 Å². The fourth-order valence-electron chi connectivity index (χ4n) is 3.59. The van der Waals surface area contributed by atoms with E-state index >= 15 is 0 Å². The van der Waals surface area contributed by atoms with Crippen molar-refractivity contribution in [1.82, 2.24) is 4.98 Å². The van der Waals surface area contributed by atoms with Crippen molar-refractivity contribution in [2.75, 3.05) is 0 Å². The predicted octanol–water partition coefficient (Wildman–Crippen LogP) is 3.37. The molecule has 4 rings (SSSR count). The van der Waals surface area contributed by atoms with Crippen molar-refractivity contribution in [2.24, 2.45) is 10.1 Å². The first-order valence-corrected chi connectivity index (χ1v) is 11.8. The number of Topliss-reactive ketones (excluding diaryl/α,β-unsaturated/α-hetero) is 1. The van der Waals surface area contributed by atoms with Gasteiger partial charge in [-0.1, -0.05) is 36.4 Å². The van der Waals surface area contributed by atoms with Crippen LogP contribution in [0.3, 0.4) is 0 Å². The van der Waals surface area contributed by atoms with E-state index in [0.717, 1.165) is 16.7 Å². The number of primary sulfonamides is 1. The van der Waals surface area contributed by atoms with Gasteiger partial charge in [0.2, 0.25) is 15.9 Å². The molecule has 0 atom stereocenters. The number of nitrogens with one attached hydrogen (secondary N) is 1. The molecule has 0 fully saturated rings. The van der Waals surface area contributed by atoms with E-state index in [9.17, 15) is 23.1 Å². The molecule has 0 aliphatic heterocycles. The van der Waals surface area contributed by atoms with Gasteiger partial charge in [-0.2, -0.15) is 0 Å². The summed E-state index contributed by atoms with van der Waals surface area (Å²) in [6, 6.07) is 18.4. The molecule has 0 bridgehead atoms. The maximum absolute atomic E-state index is 12.4. The number of rotatable bonds is 6. The van der Waals surface area contributed by atoms with Gasteiger partial charge in [-0.3, -0.25) is 19.6 Å². The van der Waals surface area contributed by atoms with Gasteiger partial charge in [-0.15, -0.1) is 0 Å². The summed E-state index contributed by atoms with van der Waals surface area (Å²) in [5, 5.41) is 16.4. The number of nitrogens with zero attached hydrogens (tertiary/aromatic N) is 1. The Kier molecular flexibility index (Phi) is 6.14. The Hall–Kier alpha value is -4.08. The standard InChI is InChI=1S/C25H21N3O5S/c1-15(29)17-3-2-4-18(11-17)19-7-10-21-22(12-19)23(25(31)28-24(21)30)14-27-13-16-5-8-20(9-6-16)34(26,32)33/h2-12,14H,13H2,1H3,(H2,26,32,33)(H2,28,30,31). The number of H-pyrrole nitrogens is 1. The van der Waals surface area contributed by atoms with Gasteiger partial charge in [-0.05, 0) is 53.9 Å². The Morgan fingerprint density at radius 2 is 1.74 bits per heavy atom. The SMILES string of the molecule is CC(=O)c1cccc(-c2ccc3c(=O)[nH]c(O)c(C=NCc4ccc(S(N)(=O)=O)cc4)c3c2)c1. The number of aliphatic imine (C=N–C) groups is 1. The van der Waals surface area contributed by atoms with E-state index in [4.69, 9.17) is 5.14 Å². The first-order chi connectivity index (χ1) is 16.1. The molecule has 9 heteroatoms. The number of carbonyl (C=O) groups is 1. The molecule has 0 radical (unpaired) electrons. The Morgan fingerprint density at radius 1 is 1.03 bits per heavy atom. The predicted molar refractivity (Wildman–Crippen MR) is 131 cm³/mol. The number of sulfonamides is 1. The molecular formula is C25H21N3O5S. The second kappa shape index (κ2) is 9.05. The molecular weight excluding hydrogens is 454 g/mol. The van der Waals surface area contributed by atoms with Gasteiger partial charge in [0.05, 0.1) is 17.0 Å². The molecule has 0 aliphatic carbocycles. The topological polar surface area (TPSA) is 143 Å². The zero-order valence-corrected chi connectivity index (χ0v) is 19.0. The number of carbonyl (C=O) groups excluding carboxylic acids is 1. The number of hydrogen-bond donors (Lipinski definition) is 3. The highest BCUT2D eigenvalue weighted by molar-refractivity contribution is 7.89. The molecule has 4 aromatic rings. The van der Waals surface area contributed by atoms with Crippen molar-refractivity contribution < 1.29 is 18.3 Å². The third-order valence-corrected chi connectivity index (χ3v) is 6.32. The molecule has 0 aliphatic rings. The molecule has 0 amide bonds. The molecule has 1 heterocycles. The molecule has 0 saturated heterocycles. The second-order valence-electron chi connectivity index (χ2n) is 7.77. The summed E-state index contributed by atoms with van der Waals surface area (Å²) >= 11 is 0. The molecule has 3 aromatic carbocycles. The Labute approximate surface area is 195 Å². The number of fused-ring (bicyclic) bond motifs is 1. The van der Waals surface area contributed by atoms with Crippen LogP contribution in [0.2, 0.25) is 0 Å². The summed E-state index contributed by atoms with van der Waals surface area (Å²) in [5.74, 6) is -0.373. The number of nitrogens with two attached hydrogens (primary N) is 1. The number of aromatic amines is 1. The van der Waals surface area contributed by atoms with Crippen LogP contribution >= 0.6 is 0 Å². The maximum atomic E-state index is 12.4. The van der Waals surface area contributed by atoms with Gasteiger partial charge in [0.1, 0.15) is 0 Å². The molecule has 0 spiro atoms. The molecule has 8 nitrogen and oxygen atoms in total. The summed E-state index contributed by atoms with van der Waals surface area (Å²) in [4.78, 5) is 30.9. The first-order valence-electron chi connectivity index (χ1n) is 10.3. The monoisotopic (exact) mass is 475 g/mol.